The lowest BCUT2D eigenvalue weighted by atomic mass is 10.2. The molecule has 146 valence electrons. The van der Waals surface area contributed by atoms with E-state index in [1.807, 2.05) is 30.3 Å². The Hall–Kier alpha value is -2.06. The summed E-state index contributed by atoms with van der Waals surface area (Å²) in [6.07, 6.45) is 1.19. The van der Waals surface area contributed by atoms with E-state index in [-0.39, 0.29) is 12.1 Å². The number of anilines is 1. The van der Waals surface area contributed by atoms with E-state index in [1.54, 1.807) is 18.7 Å². The smallest absolute Gasteiger partial charge is 0.243 e. The summed E-state index contributed by atoms with van der Waals surface area (Å²) in [6, 6.07) is 14.3. The van der Waals surface area contributed by atoms with Crippen molar-refractivity contribution in [2.75, 3.05) is 22.9 Å². The summed E-state index contributed by atoms with van der Waals surface area (Å²) in [7, 11) is -3.84. The summed E-state index contributed by atoms with van der Waals surface area (Å²) in [5.41, 5.74) is -0.124. The molecule has 27 heavy (non-hydrogen) atoms. The molecule has 2 rings (SSSR count). The molecule has 8 heteroatoms. The first kappa shape index (κ1) is 21.2. The van der Waals surface area contributed by atoms with Crippen molar-refractivity contribution in [1.82, 2.24) is 5.32 Å². The number of hydrogen-bond donors (Lipinski definition) is 1. The van der Waals surface area contributed by atoms with Crippen molar-refractivity contribution < 1.29 is 17.6 Å². The maximum atomic E-state index is 14.2. The van der Waals surface area contributed by atoms with Crippen molar-refractivity contribution in [2.24, 2.45) is 0 Å². The normalized spacial score (nSPS) is 12.4. The number of benzene rings is 2. The number of amides is 1. The Morgan fingerprint density at radius 2 is 1.78 bits per heavy atom. The number of rotatable bonds is 9. The second-order valence-corrected chi connectivity index (χ2v) is 8.91. The number of halogens is 1. The monoisotopic (exact) mass is 410 g/mol. The summed E-state index contributed by atoms with van der Waals surface area (Å²) < 4.78 is 39.6. The van der Waals surface area contributed by atoms with E-state index in [2.05, 4.69) is 5.32 Å². The summed E-state index contributed by atoms with van der Waals surface area (Å²) in [4.78, 5) is 13.7. The largest absolute Gasteiger partial charge is 0.353 e. The highest BCUT2D eigenvalue weighted by Gasteiger charge is 2.32. The fraction of sp³-hybridized carbons (Fsp3) is 0.316. The number of nitrogens with zero attached hydrogens (tertiary/aromatic N) is 1. The van der Waals surface area contributed by atoms with E-state index in [9.17, 15) is 17.6 Å². The fourth-order valence-electron chi connectivity index (χ4n) is 2.64. The second-order valence-electron chi connectivity index (χ2n) is 5.89. The summed E-state index contributed by atoms with van der Waals surface area (Å²) in [5, 5.41) is 2.76. The Morgan fingerprint density at radius 3 is 2.37 bits per heavy atom. The average Bonchev–Trinajstić information content (AvgIpc) is 2.64. The van der Waals surface area contributed by atoms with Crippen LogP contribution in [0.3, 0.4) is 0 Å². The van der Waals surface area contributed by atoms with Gasteiger partial charge >= 0.3 is 0 Å². The molecule has 1 amide bonds. The first-order chi connectivity index (χ1) is 12.8. The molecule has 0 aromatic heterocycles. The highest BCUT2D eigenvalue weighted by molar-refractivity contribution is 7.99. The number of para-hydroxylation sites is 1. The Bertz CT molecular complexity index is 860. The number of carbonyl (C=O) groups excluding carboxylic acids is 1. The molecule has 0 spiro atoms. The summed E-state index contributed by atoms with van der Waals surface area (Å²) >= 11 is 1.59. The topological polar surface area (TPSA) is 66.5 Å². The number of hydrogen-bond acceptors (Lipinski definition) is 4. The number of thioether (sulfide) groups is 1. The van der Waals surface area contributed by atoms with Crippen LogP contribution in [0.2, 0.25) is 0 Å². The van der Waals surface area contributed by atoms with Crippen LogP contribution in [-0.2, 0) is 14.8 Å². The molecular formula is C19H23FN2O3S2. The molecule has 0 saturated heterocycles. The third kappa shape index (κ3) is 5.97. The van der Waals surface area contributed by atoms with Gasteiger partial charge in [-0.1, -0.05) is 37.3 Å². The standard InChI is InChI=1S/C19H23FN2O3S2/c1-3-17(19(23)21-13-14-26-15-9-5-4-6-10-15)22(27(2,24)25)18-12-8-7-11-16(18)20/h4-12,17H,3,13-14H2,1-2H3,(H,21,23)/t17-/m0/s1. The quantitative estimate of drug-likeness (QED) is 0.509. The average molecular weight is 411 g/mol. The third-order valence-corrected chi connectivity index (χ3v) is 6.01. The maximum absolute atomic E-state index is 14.2. The fourth-order valence-corrected chi connectivity index (χ4v) is 4.65. The van der Waals surface area contributed by atoms with Crippen LogP contribution in [0.5, 0.6) is 0 Å². The van der Waals surface area contributed by atoms with Crippen LogP contribution in [0.4, 0.5) is 10.1 Å². The molecule has 0 aliphatic rings. The van der Waals surface area contributed by atoms with Gasteiger partial charge in [0.1, 0.15) is 11.9 Å². The van der Waals surface area contributed by atoms with Crippen LogP contribution in [0.15, 0.2) is 59.5 Å². The first-order valence-electron chi connectivity index (χ1n) is 8.54. The van der Waals surface area contributed by atoms with Crippen LogP contribution in [0.25, 0.3) is 0 Å². The molecule has 5 nitrogen and oxygen atoms in total. The molecule has 2 aromatic rings. The molecule has 0 heterocycles. The predicted molar refractivity (Wildman–Crippen MR) is 108 cm³/mol. The van der Waals surface area contributed by atoms with Gasteiger partial charge in [0.05, 0.1) is 11.9 Å². The van der Waals surface area contributed by atoms with Gasteiger partial charge in [0.15, 0.2) is 0 Å². The van der Waals surface area contributed by atoms with Crippen molar-refractivity contribution >= 4 is 33.4 Å². The maximum Gasteiger partial charge on any atom is 0.243 e. The van der Waals surface area contributed by atoms with Crippen molar-refractivity contribution in [2.45, 2.75) is 24.3 Å². The van der Waals surface area contributed by atoms with E-state index in [4.69, 9.17) is 0 Å². The Kier molecular flexibility index (Phi) is 7.67. The molecule has 1 atom stereocenters. The Morgan fingerprint density at radius 1 is 1.15 bits per heavy atom. The van der Waals surface area contributed by atoms with Gasteiger partial charge in [0, 0.05) is 17.2 Å². The minimum atomic E-state index is -3.84. The van der Waals surface area contributed by atoms with Crippen LogP contribution in [0, 0.1) is 5.82 Å². The highest BCUT2D eigenvalue weighted by Crippen LogP contribution is 2.25. The molecule has 0 aliphatic carbocycles. The zero-order valence-electron chi connectivity index (χ0n) is 15.3. The van der Waals surface area contributed by atoms with Gasteiger partial charge in [-0.3, -0.25) is 9.10 Å². The lowest BCUT2D eigenvalue weighted by Gasteiger charge is -2.30. The molecular weight excluding hydrogens is 387 g/mol. The van der Waals surface area contributed by atoms with Crippen LogP contribution in [0.1, 0.15) is 13.3 Å². The zero-order chi connectivity index (χ0) is 19.9. The first-order valence-corrected chi connectivity index (χ1v) is 11.4. The van der Waals surface area contributed by atoms with E-state index < -0.39 is 27.8 Å². The molecule has 0 radical (unpaired) electrons. The molecule has 0 bridgehead atoms. The highest BCUT2D eigenvalue weighted by atomic mass is 32.2. The number of sulfonamides is 1. The van der Waals surface area contributed by atoms with Crippen LogP contribution < -0.4 is 9.62 Å². The van der Waals surface area contributed by atoms with E-state index in [1.165, 1.54) is 24.3 Å². The zero-order valence-corrected chi connectivity index (χ0v) is 16.9. The molecule has 0 aliphatic heterocycles. The van der Waals surface area contributed by atoms with Gasteiger partial charge in [-0.25, -0.2) is 12.8 Å². The third-order valence-electron chi connectivity index (χ3n) is 3.83. The van der Waals surface area contributed by atoms with Crippen molar-refractivity contribution in [3.8, 4) is 0 Å². The lowest BCUT2D eigenvalue weighted by Crippen LogP contribution is -2.50. The van der Waals surface area contributed by atoms with Gasteiger partial charge in [-0.2, -0.15) is 0 Å². The van der Waals surface area contributed by atoms with Gasteiger partial charge < -0.3 is 5.32 Å². The molecule has 2 aromatic carbocycles. The number of nitrogens with one attached hydrogen (secondary N) is 1. The van der Waals surface area contributed by atoms with Crippen LogP contribution >= 0.6 is 11.8 Å². The van der Waals surface area contributed by atoms with E-state index >= 15 is 0 Å². The SMILES string of the molecule is CC[C@@H](C(=O)NCCSc1ccccc1)N(c1ccccc1F)S(C)(=O)=O. The summed E-state index contributed by atoms with van der Waals surface area (Å²) in [5.74, 6) is -0.487. The van der Waals surface area contributed by atoms with E-state index in [0.717, 1.165) is 15.5 Å². The lowest BCUT2D eigenvalue weighted by molar-refractivity contribution is -0.122. The van der Waals surface area contributed by atoms with Gasteiger partial charge in [0.2, 0.25) is 15.9 Å². The molecule has 0 unspecified atom stereocenters. The van der Waals surface area contributed by atoms with Crippen molar-refractivity contribution in [1.29, 1.82) is 0 Å². The van der Waals surface area contributed by atoms with Gasteiger partial charge in [-0.05, 0) is 30.7 Å². The Labute approximate surface area is 164 Å². The van der Waals surface area contributed by atoms with Crippen molar-refractivity contribution in [3.05, 3.63) is 60.4 Å². The molecule has 0 saturated carbocycles. The van der Waals surface area contributed by atoms with Crippen molar-refractivity contribution in [3.63, 3.8) is 0 Å². The van der Waals surface area contributed by atoms with E-state index in [0.29, 0.717) is 12.3 Å². The second kappa shape index (κ2) is 9.75. The summed E-state index contributed by atoms with van der Waals surface area (Å²) in [6.45, 7) is 2.08. The number of carbonyl (C=O) groups is 1. The van der Waals surface area contributed by atoms with Gasteiger partial charge in [-0.15, -0.1) is 11.8 Å². The minimum absolute atomic E-state index is 0.124. The molecule has 0 fully saturated rings. The predicted octanol–water partition coefficient (Wildman–Crippen LogP) is 3.28. The van der Waals surface area contributed by atoms with Gasteiger partial charge in [0.25, 0.3) is 0 Å². The Balaban J connectivity index is 2.07. The van der Waals surface area contributed by atoms with Crippen LogP contribution in [-0.4, -0.2) is 38.9 Å². The molecule has 1 N–H and O–H groups in total. The minimum Gasteiger partial charge on any atom is -0.353 e.